The summed E-state index contributed by atoms with van der Waals surface area (Å²) in [5, 5.41) is 7.97. The predicted molar refractivity (Wildman–Crippen MR) is 74.8 cm³/mol. The molecular formula is C14H21N3O2. The number of hydrogen-bond acceptors (Lipinski definition) is 2. The van der Waals surface area contributed by atoms with Gasteiger partial charge in [-0.25, -0.2) is 4.79 Å². The van der Waals surface area contributed by atoms with Crippen LogP contribution < -0.4 is 16.0 Å². The van der Waals surface area contributed by atoms with E-state index < -0.39 is 6.04 Å². The zero-order chi connectivity index (χ0) is 14.1. The van der Waals surface area contributed by atoms with E-state index in [1.807, 2.05) is 37.3 Å². The second kappa shape index (κ2) is 8.13. The highest BCUT2D eigenvalue weighted by atomic mass is 16.2. The van der Waals surface area contributed by atoms with Crippen LogP contribution in [0.3, 0.4) is 0 Å². The van der Waals surface area contributed by atoms with Crippen molar-refractivity contribution in [3.63, 3.8) is 0 Å². The topological polar surface area (TPSA) is 70.2 Å². The van der Waals surface area contributed by atoms with Crippen LogP contribution in [-0.2, 0) is 11.2 Å². The molecule has 19 heavy (non-hydrogen) atoms. The van der Waals surface area contributed by atoms with E-state index >= 15 is 0 Å². The highest BCUT2D eigenvalue weighted by Gasteiger charge is 2.13. The van der Waals surface area contributed by atoms with E-state index in [2.05, 4.69) is 16.0 Å². The summed E-state index contributed by atoms with van der Waals surface area (Å²) in [7, 11) is 0. The van der Waals surface area contributed by atoms with Gasteiger partial charge in [0.2, 0.25) is 5.91 Å². The summed E-state index contributed by atoms with van der Waals surface area (Å²) in [5.41, 5.74) is 1.17. The average Bonchev–Trinajstić information content (AvgIpc) is 2.40. The summed E-state index contributed by atoms with van der Waals surface area (Å²) >= 11 is 0. The molecule has 104 valence electrons. The Morgan fingerprint density at radius 2 is 1.84 bits per heavy atom. The Hall–Kier alpha value is -2.04. The SMILES string of the molecule is CCNC(=O)[C@H](C)NC(=O)NCCc1ccccc1. The molecule has 0 radical (unpaired) electrons. The average molecular weight is 263 g/mol. The molecule has 3 N–H and O–H groups in total. The third kappa shape index (κ3) is 5.90. The van der Waals surface area contributed by atoms with Gasteiger partial charge in [-0.05, 0) is 25.8 Å². The van der Waals surface area contributed by atoms with Crippen molar-refractivity contribution in [3.05, 3.63) is 35.9 Å². The second-order valence-electron chi connectivity index (χ2n) is 4.25. The van der Waals surface area contributed by atoms with E-state index in [4.69, 9.17) is 0 Å². The van der Waals surface area contributed by atoms with Gasteiger partial charge in [-0.2, -0.15) is 0 Å². The minimum absolute atomic E-state index is 0.180. The van der Waals surface area contributed by atoms with Crippen molar-refractivity contribution < 1.29 is 9.59 Å². The predicted octanol–water partition coefficient (Wildman–Crippen LogP) is 1.05. The Bertz CT molecular complexity index is 406. The second-order valence-corrected chi connectivity index (χ2v) is 4.25. The van der Waals surface area contributed by atoms with Crippen LogP contribution in [0.25, 0.3) is 0 Å². The minimum atomic E-state index is -0.531. The van der Waals surface area contributed by atoms with E-state index in [9.17, 15) is 9.59 Å². The first-order valence-electron chi connectivity index (χ1n) is 6.49. The van der Waals surface area contributed by atoms with Crippen LogP contribution >= 0.6 is 0 Å². The standard InChI is InChI=1S/C14H21N3O2/c1-3-15-13(18)11(2)17-14(19)16-10-9-12-7-5-4-6-8-12/h4-8,11H,3,9-10H2,1-2H3,(H,15,18)(H2,16,17,19)/t11-/m0/s1. The van der Waals surface area contributed by atoms with Gasteiger partial charge in [0.15, 0.2) is 0 Å². The molecule has 0 saturated heterocycles. The zero-order valence-corrected chi connectivity index (χ0v) is 11.4. The molecule has 3 amide bonds. The maximum absolute atomic E-state index is 11.6. The molecule has 5 nitrogen and oxygen atoms in total. The number of carbonyl (C=O) groups is 2. The highest BCUT2D eigenvalue weighted by molar-refractivity contribution is 5.86. The molecule has 1 rings (SSSR count). The van der Waals surface area contributed by atoms with E-state index in [1.165, 1.54) is 5.56 Å². The Morgan fingerprint density at radius 1 is 1.16 bits per heavy atom. The number of nitrogens with one attached hydrogen (secondary N) is 3. The van der Waals surface area contributed by atoms with Crippen molar-refractivity contribution in [3.8, 4) is 0 Å². The molecule has 0 unspecified atom stereocenters. The molecule has 0 saturated carbocycles. The molecule has 0 aliphatic carbocycles. The summed E-state index contributed by atoms with van der Waals surface area (Å²) in [4.78, 5) is 23.0. The van der Waals surface area contributed by atoms with Gasteiger partial charge in [0, 0.05) is 13.1 Å². The van der Waals surface area contributed by atoms with Crippen LogP contribution in [-0.4, -0.2) is 31.1 Å². The van der Waals surface area contributed by atoms with Crippen LogP contribution in [0.1, 0.15) is 19.4 Å². The Kier molecular flexibility index (Phi) is 6.43. The molecule has 0 spiro atoms. The molecule has 0 bridgehead atoms. The van der Waals surface area contributed by atoms with Gasteiger partial charge in [0.1, 0.15) is 6.04 Å². The quantitative estimate of drug-likeness (QED) is 0.718. The van der Waals surface area contributed by atoms with E-state index in [-0.39, 0.29) is 11.9 Å². The van der Waals surface area contributed by atoms with Gasteiger partial charge < -0.3 is 16.0 Å². The van der Waals surface area contributed by atoms with Gasteiger partial charge in [0.05, 0.1) is 0 Å². The van der Waals surface area contributed by atoms with Gasteiger partial charge >= 0.3 is 6.03 Å². The summed E-state index contributed by atoms with van der Waals surface area (Å²) in [6.45, 7) is 4.59. The molecule has 0 aliphatic heterocycles. The Balaban J connectivity index is 2.23. The minimum Gasteiger partial charge on any atom is -0.355 e. The van der Waals surface area contributed by atoms with E-state index in [1.54, 1.807) is 6.92 Å². The summed E-state index contributed by atoms with van der Waals surface area (Å²) in [6, 6.07) is 9.05. The fourth-order valence-electron chi connectivity index (χ4n) is 1.61. The van der Waals surface area contributed by atoms with Crippen molar-refractivity contribution in [2.45, 2.75) is 26.3 Å². The molecule has 0 heterocycles. The van der Waals surface area contributed by atoms with Crippen molar-refractivity contribution in [2.75, 3.05) is 13.1 Å². The molecule has 1 atom stereocenters. The third-order valence-corrected chi connectivity index (χ3v) is 2.63. The highest BCUT2D eigenvalue weighted by Crippen LogP contribution is 1.97. The molecule has 1 aromatic carbocycles. The Morgan fingerprint density at radius 3 is 2.47 bits per heavy atom. The Labute approximate surface area is 113 Å². The normalized spacial score (nSPS) is 11.5. The van der Waals surface area contributed by atoms with Crippen LogP contribution in [0.15, 0.2) is 30.3 Å². The van der Waals surface area contributed by atoms with Crippen LogP contribution in [0.5, 0.6) is 0 Å². The third-order valence-electron chi connectivity index (χ3n) is 2.63. The summed E-state index contributed by atoms with van der Waals surface area (Å²) < 4.78 is 0. The van der Waals surface area contributed by atoms with Gasteiger partial charge in [0.25, 0.3) is 0 Å². The molecule has 0 aliphatic rings. The molecule has 0 aromatic heterocycles. The van der Waals surface area contributed by atoms with Gasteiger partial charge in [-0.15, -0.1) is 0 Å². The summed E-state index contributed by atoms with van der Waals surface area (Å²) in [6.07, 6.45) is 0.768. The first-order chi connectivity index (χ1) is 9.13. The zero-order valence-electron chi connectivity index (χ0n) is 11.4. The lowest BCUT2D eigenvalue weighted by Crippen LogP contribution is -2.48. The van der Waals surface area contributed by atoms with Crippen LogP contribution in [0, 0.1) is 0 Å². The molecule has 0 fully saturated rings. The first kappa shape index (κ1) is 15.0. The largest absolute Gasteiger partial charge is 0.355 e. The smallest absolute Gasteiger partial charge is 0.315 e. The van der Waals surface area contributed by atoms with Crippen molar-refractivity contribution in [2.24, 2.45) is 0 Å². The van der Waals surface area contributed by atoms with Crippen LogP contribution in [0.2, 0.25) is 0 Å². The van der Waals surface area contributed by atoms with Crippen molar-refractivity contribution >= 4 is 11.9 Å². The van der Waals surface area contributed by atoms with E-state index in [0.29, 0.717) is 13.1 Å². The van der Waals surface area contributed by atoms with Gasteiger partial charge in [-0.1, -0.05) is 30.3 Å². The fraction of sp³-hybridized carbons (Fsp3) is 0.429. The lowest BCUT2D eigenvalue weighted by atomic mass is 10.1. The fourth-order valence-corrected chi connectivity index (χ4v) is 1.61. The summed E-state index contributed by atoms with van der Waals surface area (Å²) in [5.74, 6) is -0.180. The number of carbonyl (C=O) groups excluding carboxylic acids is 2. The number of benzene rings is 1. The monoisotopic (exact) mass is 263 g/mol. The van der Waals surface area contributed by atoms with Crippen molar-refractivity contribution in [1.29, 1.82) is 0 Å². The molecule has 5 heteroatoms. The number of urea groups is 1. The van der Waals surface area contributed by atoms with Gasteiger partial charge in [-0.3, -0.25) is 4.79 Å². The number of rotatable bonds is 6. The maximum Gasteiger partial charge on any atom is 0.315 e. The van der Waals surface area contributed by atoms with Crippen molar-refractivity contribution in [1.82, 2.24) is 16.0 Å². The van der Waals surface area contributed by atoms with E-state index in [0.717, 1.165) is 6.42 Å². The first-order valence-corrected chi connectivity index (χ1v) is 6.49. The lowest BCUT2D eigenvalue weighted by molar-refractivity contribution is -0.122. The maximum atomic E-state index is 11.6. The number of amides is 3. The molecule has 1 aromatic rings. The molecular weight excluding hydrogens is 242 g/mol. The number of hydrogen-bond donors (Lipinski definition) is 3. The number of likely N-dealkylation sites (N-methyl/N-ethyl adjacent to an activating group) is 1. The lowest BCUT2D eigenvalue weighted by Gasteiger charge is -2.14. The van der Waals surface area contributed by atoms with Crippen LogP contribution in [0.4, 0.5) is 4.79 Å².